The third kappa shape index (κ3) is 11.2. The second-order valence-electron chi connectivity index (χ2n) is 31.2. The Morgan fingerprint density at radius 3 is 2.38 bits per heavy atom. The smallest absolute Gasteiger partial charge is 0.340 e. The molecule has 7 N–H and O–H groups in total. The molecule has 13 aliphatic rings. The number of piperidine rings is 1. The number of carbonyl (C=O) groups is 3. The lowest BCUT2D eigenvalue weighted by Crippen LogP contribution is -2.52. The van der Waals surface area contributed by atoms with Gasteiger partial charge in [-0.2, -0.15) is 0 Å². The molecule has 14 atom stereocenters. The van der Waals surface area contributed by atoms with E-state index in [4.69, 9.17) is 9.47 Å². The van der Waals surface area contributed by atoms with Gasteiger partial charge in [-0.25, -0.2) is 9.59 Å². The number of fused-ring (bicyclic) bond motifs is 5. The third-order valence-electron chi connectivity index (χ3n) is 26.0. The Morgan fingerprint density at radius 1 is 0.766 bits per heavy atom. The number of aliphatic hydroxyl groups is 2. The number of nitrogens with one attached hydrogen (secondary N) is 4. The number of phenolic OH excluding ortho intramolecular Hbond substituents is 1. The van der Waals surface area contributed by atoms with E-state index in [1.54, 1.807) is 6.07 Å². The summed E-state index contributed by atoms with van der Waals surface area (Å²) in [6.07, 6.45) is 23.6. The molecule has 7 aliphatic carbocycles. The molecule has 6 aliphatic heterocycles. The van der Waals surface area contributed by atoms with E-state index in [9.17, 15) is 20.1 Å². The Morgan fingerprint density at radius 2 is 1.57 bits per heavy atom. The van der Waals surface area contributed by atoms with E-state index in [0.717, 1.165) is 143 Å². The summed E-state index contributed by atoms with van der Waals surface area (Å²) in [5, 5.41) is 53.4. The normalized spacial score (nSPS) is 35.0. The highest BCUT2D eigenvalue weighted by Crippen LogP contribution is 2.73. The number of allylic oxidation sites excluding steroid dienone is 5. The summed E-state index contributed by atoms with van der Waals surface area (Å²) in [6.45, 7) is 6.57. The minimum atomic E-state index is -1.38. The van der Waals surface area contributed by atoms with Gasteiger partial charge >= 0.3 is 11.9 Å². The number of carbonyl (C=O) groups excluding carboxylic acids is 3. The van der Waals surface area contributed by atoms with Gasteiger partial charge < -0.3 is 50.9 Å². The van der Waals surface area contributed by atoms with Gasteiger partial charge in [0.15, 0.2) is 0 Å². The van der Waals surface area contributed by atoms with E-state index in [-0.39, 0.29) is 89.2 Å². The molecule has 494 valence electrons. The van der Waals surface area contributed by atoms with Crippen molar-refractivity contribution < 1.29 is 39.2 Å². The maximum atomic E-state index is 15.6. The molecule has 6 heterocycles. The zero-order valence-corrected chi connectivity index (χ0v) is 55.6. The molecule has 4 saturated carbocycles. The van der Waals surface area contributed by atoms with Crippen molar-refractivity contribution in [2.75, 3.05) is 26.7 Å². The van der Waals surface area contributed by atoms with Gasteiger partial charge in [0.25, 0.3) is 0 Å². The second-order valence-corrected chi connectivity index (χ2v) is 31.2. The molecule has 4 aromatic carbocycles. The molecule has 12 heteroatoms. The van der Waals surface area contributed by atoms with Gasteiger partial charge in [-0.05, 0) is 252 Å². The maximum absolute atomic E-state index is 15.6. The number of phenols is 1. The first-order valence-corrected chi connectivity index (χ1v) is 36.3. The highest BCUT2D eigenvalue weighted by Gasteiger charge is 2.69. The van der Waals surface area contributed by atoms with Crippen LogP contribution >= 0.6 is 0 Å². The summed E-state index contributed by atoms with van der Waals surface area (Å²) < 4.78 is 13.7. The molecule has 0 radical (unpaired) electrons. The summed E-state index contributed by atoms with van der Waals surface area (Å²) in [4.78, 5) is 44.7. The van der Waals surface area contributed by atoms with Crippen molar-refractivity contribution in [1.29, 1.82) is 0 Å². The molecule has 2 saturated heterocycles. The van der Waals surface area contributed by atoms with Crippen LogP contribution in [0.2, 0.25) is 0 Å². The van der Waals surface area contributed by atoms with Crippen LogP contribution in [0.25, 0.3) is 16.7 Å². The van der Waals surface area contributed by atoms with Crippen LogP contribution in [0.4, 0.5) is 0 Å². The highest BCUT2D eigenvalue weighted by atomic mass is 16.6. The zero-order chi connectivity index (χ0) is 64.6. The van der Waals surface area contributed by atoms with Crippen molar-refractivity contribution in [2.45, 2.75) is 185 Å². The van der Waals surface area contributed by atoms with Gasteiger partial charge in [-0.3, -0.25) is 0 Å². The zero-order valence-electron chi connectivity index (χ0n) is 55.6. The Hall–Kier alpha value is -6.43. The number of aromatic hydroxyl groups is 1. The van der Waals surface area contributed by atoms with Gasteiger partial charge in [-0.15, -0.1) is 0 Å². The molecule has 6 fully saturated rings. The fourth-order valence-electron chi connectivity index (χ4n) is 21.4. The molecule has 14 bridgehead atoms. The maximum Gasteiger partial charge on any atom is 0.340 e. The topological polar surface area (TPSA) is 178 Å². The van der Waals surface area contributed by atoms with Crippen LogP contribution in [0.3, 0.4) is 0 Å². The average Bonchev–Trinajstić information content (AvgIpc) is 1.40. The lowest BCUT2D eigenvalue weighted by molar-refractivity contribution is -0.135. The SMILES string of the molecule is CCC(C=C1OC(=O)C2=C3c4cc(O)ccc4-c4cccc(c4)CNCCc4cccc(c4)C4NCC(C)(O)C(C5(C=O)CCCC5)C#CC(C5(O)CCCCC5)CC5CC(C6CCNC(NC)C6)(CC=C6OC(=O)C7=C6CCC6C3CCC12C76)CC54)Cc1ccccc1. The molecule has 0 aromatic heterocycles. The van der Waals surface area contributed by atoms with Gasteiger partial charge in [0.1, 0.15) is 23.6 Å². The highest BCUT2D eigenvalue weighted by molar-refractivity contribution is 6.07. The number of hydrogen-bond acceptors (Lipinski definition) is 12. The number of benzene rings is 4. The molecule has 17 rings (SSSR count). The predicted octanol–water partition coefficient (Wildman–Crippen LogP) is 13.5. The van der Waals surface area contributed by atoms with Crippen molar-refractivity contribution in [3.05, 3.63) is 165 Å². The van der Waals surface area contributed by atoms with E-state index in [1.165, 1.54) is 16.7 Å². The number of cyclic esters (lactones) is 1. The Bertz CT molecular complexity index is 3780. The van der Waals surface area contributed by atoms with Crippen molar-refractivity contribution in [3.8, 4) is 28.7 Å². The Balaban J connectivity index is 0.911. The van der Waals surface area contributed by atoms with Gasteiger partial charge in [0.05, 0.1) is 34.3 Å². The van der Waals surface area contributed by atoms with Crippen molar-refractivity contribution in [2.24, 2.45) is 69.5 Å². The lowest BCUT2D eigenvalue weighted by atomic mass is 9.44. The molecule has 14 unspecified atom stereocenters. The fourth-order valence-corrected chi connectivity index (χ4v) is 21.4. The molecule has 1 spiro atoms. The number of esters is 2. The standard InChI is InChI=1S/C82H98N4O8/c1-4-51(39-52-15-7-5-8-16-52)42-69-82-36-27-62-63-24-25-64-67(93-76(89)72(64)73(63)82)28-35-80(58-30-38-85-70(44-58)83-3)46-57-43-59(81(92)33-9-6-10-34-81)21-26-68(79(50-87)31-11-12-32-79)78(2,91)49-86-75(66(57)47-80)56-20-13-17-53(40-56)29-37-84-48-54-18-14-19-55(41-54)61-23-22-60(88)45-65(61)71(62)74(82)77(90)94-69/h5,7-8,13-20,22-23,28,40-42,45,50-51,57-59,62-63,66,68,70,73,75,83-86,88,91-92H,4,6,9-12,24-25,27,29-39,43-44,46-49H2,1-3H3. The molecule has 94 heavy (non-hydrogen) atoms. The quantitative estimate of drug-likeness (QED) is 0.0480. The molecule has 0 amide bonds. The monoisotopic (exact) mass is 1270 g/mol. The van der Waals surface area contributed by atoms with Crippen LogP contribution in [-0.4, -0.2) is 77.6 Å². The first kappa shape index (κ1) is 63.6. The molecular weight excluding hydrogens is 1170 g/mol. The fraction of sp³-hybridized carbons (Fsp3) is 0.549. The van der Waals surface area contributed by atoms with Crippen LogP contribution in [-0.2, 0) is 43.2 Å². The van der Waals surface area contributed by atoms with E-state index in [1.807, 2.05) is 25.1 Å². The third-order valence-corrected chi connectivity index (χ3v) is 26.0. The summed E-state index contributed by atoms with van der Waals surface area (Å²) in [5.41, 5.74) is 6.38. The van der Waals surface area contributed by atoms with Gasteiger partial charge in [0, 0.05) is 47.5 Å². The molecular formula is C82H98N4O8. The van der Waals surface area contributed by atoms with E-state index in [0.29, 0.717) is 80.6 Å². The summed E-state index contributed by atoms with van der Waals surface area (Å²) >= 11 is 0. The van der Waals surface area contributed by atoms with Crippen molar-refractivity contribution in [3.63, 3.8) is 0 Å². The predicted molar refractivity (Wildman–Crippen MR) is 366 cm³/mol. The number of hydrogen-bond donors (Lipinski definition) is 7. The van der Waals surface area contributed by atoms with E-state index < -0.39 is 27.9 Å². The van der Waals surface area contributed by atoms with Gasteiger partial charge in [-0.1, -0.05) is 130 Å². The Kier molecular flexibility index (Phi) is 17.3. The summed E-state index contributed by atoms with van der Waals surface area (Å²) in [7, 11) is 2.05. The van der Waals surface area contributed by atoms with Crippen LogP contribution in [0.5, 0.6) is 5.75 Å². The Labute approximate surface area is 556 Å². The van der Waals surface area contributed by atoms with E-state index in [2.05, 4.69) is 132 Å². The van der Waals surface area contributed by atoms with Crippen molar-refractivity contribution in [1.82, 2.24) is 21.3 Å². The molecule has 12 nitrogen and oxygen atoms in total. The van der Waals surface area contributed by atoms with Crippen LogP contribution < -0.4 is 21.3 Å². The van der Waals surface area contributed by atoms with Gasteiger partial charge in [0.2, 0.25) is 0 Å². The van der Waals surface area contributed by atoms with Crippen LogP contribution in [0.15, 0.2) is 137 Å². The first-order valence-electron chi connectivity index (χ1n) is 36.3. The number of rotatable bonds is 9. The molecule has 4 aromatic rings. The lowest BCUT2D eigenvalue weighted by Gasteiger charge is -2.56. The summed E-state index contributed by atoms with van der Waals surface area (Å²) in [5.74, 6) is 7.38. The van der Waals surface area contributed by atoms with Crippen LogP contribution in [0, 0.1) is 81.3 Å². The minimum Gasteiger partial charge on any atom is -0.508 e. The summed E-state index contributed by atoms with van der Waals surface area (Å²) in [6, 6.07) is 33.7. The first-order chi connectivity index (χ1) is 45.6. The van der Waals surface area contributed by atoms with Crippen LogP contribution in [0.1, 0.15) is 176 Å². The average molecular weight is 1270 g/mol. The second kappa shape index (κ2) is 25.5. The number of ether oxygens (including phenoxy) is 2. The number of β-amino-alcohol motifs (C(OH)–C–C–N with tert-alkyl or cyclic N) is 1. The largest absolute Gasteiger partial charge is 0.508 e. The number of aldehydes is 1. The van der Waals surface area contributed by atoms with E-state index >= 15 is 9.59 Å². The minimum absolute atomic E-state index is 0.0104. The van der Waals surface area contributed by atoms with Crippen molar-refractivity contribution >= 4 is 23.8 Å².